The maximum Gasteiger partial charge on any atom is 0.321 e. The van der Waals surface area contributed by atoms with E-state index in [1.807, 2.05) is 0 Å². The fourth-order valence-corrected chi connectivity index (χ4v) is 6.25. The van der Waals surface area contributed by atoms with Gasteiger partial charge in [0.15, 0.2) is 10.8 Å². The topological polar surface area (TPSA) is 199 Å². The number of carbonyl (C=O) groups is 4. The van der Waals surface area contributed by atoms with Gasteiger partial charge < -0.3 is 30.6 Å². The van der Waals surface area contributed by atoms with Crippen LogP contribution < -0.4 is 11.1 Å². The number of ether oxygens (including phenoxy) is 2. The lowest BCUT2D eigenvalue weighted by molar-refractivity contribution is -0.173. The lowest BCUT2D eigenvalue weighted by atomic mass is 9.86. The number of esters is 2. The summed E-state index contributed by atoms with van der Waals surface area (Å²) in [6.45, 7) is 2.38. The van der Waals surface area contributed by atoms with Gasteiger partial charge in [0, 0.05) is 24.6 Å². The van der Waals surface area contributed by atoms with Crippen molar-refractivity contribution in [3.05, 3.63) is 27.7 Å². The number of nitrogens with zero attached hydrogens (tertiary/aromatic N) is 5. The van der Waals surface area contributed by atoms with Gasteiger partial charge in [-0.3, -0.25) is 19.2 Å². The fraction of sp³-hybridized carbons (Fsp3) is 0.400. The third-order valence-electron chi connectivity index (χ3n) is 5.57. The van der Waals surface area contributed by atoms with Crippen LogP contribution in [0.4, 0.5) is 5.13 Å². The normalized spacial score (nSPS) is 23.4. The fourth-order valence-electron chi connectivity index (χ4n) is 3.64. The van der Waals surface area contributed by atoms with Crippen LogP contribution in [0.25, 0.3) is 6.08 Å². The number of amides is 2. The number of rotatable bonds is 8. The van der Waals surface area contributed by atoms with Crippen LogP contribution in [-0.4, -0.2) is 84.6 Å². The van der Waals surface area contributed by atoms with Gasteiger partial charge in [-0.2, -0.15) is 0 Å². The molecule has 2 amide bonds. The second-order valence-electron chi connectivity index (χ2n) is 8.04. The van der Waals surface area contributed by atoms with Crippen molar-refractivity contribution in [3.63, 3.8) is 0 Å². The number of thiazole rings is 1. The van der Waals surface area contributed by atoms with Gasteiger partial charge in [-0.25, -0.2) is 4.98 Å². The number of fused-ring (bicyclic) bond motifs is 1. The molecule has 2 aromatic heterocycles. The van der Waals surface area contributed by atoms with Crippen LogP contribution >= 0.6 is 34.6 Å². The molecule has 3 atom stereocenters. The smallest absolute Gasteiger partial charge is 0.321 e. The summed E-state index contributed by atoms with van der Waals surface area (Å²) in [5, 5.41) is 20.0. The maximum atomic E-state index is 13.1. The van der Waals surface area contributed by atoms with Crippen LogP contribution in [0.3, 0.4) is 0 Å². The Morgan fingerprint density at radius 1 is 1.41 bits per heavy atom. The maximum absolute atomic E-state index is 13.1. The van der Waals surface area contributed by atoms with Crippen LogP contribution in [0.2, 0.25) is 0 Å². The number of anilines is 1. The lowest BCUT2D eigenvalue weighted by Gasteiger charge is -2.53. The number of nitrogens with one attached hydrogen (secondary N) is 1. The Bertz CT molecular complexity index is 1290. The average Bonchev–Trinajstić information content (AvgIpc) is 3.48. The molecule has 4 rings (SSSR count). The first-order valence-corrected chi connectivity index (χ1v) is 13.3. The van der Waals surface area contributed by atoms with Gasteiger partial charge in [0.2, 0.25) is 12.7 Å². The Morgan fingerprint density at radius 3 is 2.81 bits per heavy atom. The minimum atomic E-state index is -1.25. The van der Waals surface area contributed by atoms with Crippen molar-refractivity contribution in [3.8, 4) is 0 Å². The molecule has 2 fully saturated rings. The predicted octanol–water partition coefficient (Wildman–Crippen LogP) is 0.227. The first kappa shape index (κ1) is 26.5. The molecular weight excluding hydrogens is 546 g/mol. The third-order valence-corrected chi connectivity index (χ3v) is 8.59. The van der Waals surface area contributed by atoms with E-state index >= 15 is 0 Å². The van der Waals surface area contributed by atoms with Crippen molar-refractivity contribution in [2.24, 2.45) is 10.6 Å². The summed E-state index contributed by atoms with van der Waals surface area (Å²) in [6, 6.07) is -0.905. The molecule has 2 saturated heterocycles. The number of nitrogens with two attached hydrogens (primary N) is 1. The summed E-state index contributed by atoms with van der Waals surface area (Å²) < 4.78 is 13.8. The zero-order valence-corrected chi connectivity index (χ0v) is 21.9. The highest BCUT2D eigenvalue weighted by Gasteiger charge is 2.57. The minimum absolute atomic E-state index is 0.0277. The number of oxime groups is 1. The van der Waals surface area contributed by atoms with Crippen molar-refractivity contribution in [2.45, 2.75) is 25.3 Å². The minimum Gasteiger partial charge on any atom is -0.428 e. The van der Waals surface area contributed by atoms with Gasteiger partial charge in [-0.1, -0.05) is 15.7 Å². The summed E-state index contributed by atoms with van der Waals surface area (Å²) >= 11 is 3.49. The average molecular weight is 568 g/mol. The first-order valence-electron chi connectivity index (χ1n) is 10.6. The van der Waals surface area contributed by atoms with Crippen LogP contribution in [-0.2, 0) is 28.7 Å². The highest BCUT2D eigenvalue weighted by Crippen LogP contribution is 2.44. The van der Waals surface area contributed by atoms with Crippen LogP contribution in [0.1, 0.15) is 23.2 Å². The van der Waals surface area contributed by atoms with Crippen molar-refractivity contribution in [2.75, 3.05) is 24.8 Å². The van der Waals surface area contributed by atoms with Gasteiger partial charge in [0.1, 0.15) is 22.5 Å². The molecule has 17 heteroatoms. The monoisotopic (exact) mass is 567 g/mol. The van der Waals surface area contributed by atoms with Crippen molar-refractivity contribution in [1.82, 2.24) is 24.8 Å². The van der Waals surface area contributed by atoms with Gasteiger partial charge in [-0.05, 0) is 24.5 Å². The van der Waals surface area contributed by atoms with Gasteiger partial charge >= 0.3 is 11.9 Å². The largest absolute Gasteiger partial charge is 0.428 e. The molecule has 37 heavy (non-hydrogen) atoms. The molecule has 4 N–H and O–H groups in total. The standard InChI is InChI=1S/C20H21N7O7S3/c1-9-12(37-26-24-9)3-4-20(18(31)34-8-33-10(2)28)6-27-16(30)14(17(27)36-7-20)23-15(29)13(25-32)11-5-35-19(21)22-11/h3-5,14,17,32H,6-8H2,1-2H3,(H2,21,22)(H,23,29)/t14?,17-,20?/m1/s1. The van der Waals surface area contributed by atoms with E-state index in [0.29, 0.717) is 5.69 Å². The summed E-state index contributed by atoms with van der Waals surface area (Å²) in [5.41, 5.74) is 4.71. The Balaban J connectivity index is 1.48. The number of hydrogen-bond acceptors (Lipinski definition) is 15. The number of carbonyl (C=O) groups excluding carboxylic acids is 4. The summed E-state index contributed by atoms with van der Waals surface area (Å²) in [4.78, 5) is 55.9. The van der Waals surface area contributed by atoms with E-state index in [-0.39, 0.29) is 28.8 Å². The Morgan fingerprint density at radius 2 is 2.19 bits per heavy atom. The molecule has 0 saturated carbocycles. The molecule has 2 aliphatic rings. The van der Waals surface area contributed by atoms with E-state index in [4.69, 9.17) is 15.2 Å². The van der Waals surface area contributed by atoms with E-state index in [1.165, 1.54) is 29.0 Å². The van der Waals surface area contributed by atoms with E-state index in [9.17, 15) is 24.4 Å². The van der Waals surface area contributed by atoms with Crippen LogP contribution in [0.15, 0.2) is 16.6 Å². The summed E-state index contributed by atoms with van der Waals surface area (Å²) in [6.07, 6.45) is 3.33. The van der Waals surface area contributed by atoms with Crippen molar-refractivity contribution < 1.29 is 33.9 Å². The zero-order chi connectivity index (χ0) is 26.7. The van der Waals surface area contributed by atoms with E-state index in [1.54, 1.807) is 19.1 Å². The number of hydrogen-bond donors (Lipinski definition) is 3. The number of aromatic nitrogens is 3. The third kappa shape index (κ3) is 5.42. The zero-order valence-electron chi connectivity index (χ0n) is 19.4. The molecular formula is C20H21N7O7S3. The number of aryl methyl sites for hydroxylation is 1. The molecule has 2 aromatic rings. The van der Waals surface area contributed by atoms with Gasteiger partial charge in [0.05, 0.1) is 10.6 Å². The number of thioether (sulfide) groups is 1. The molecule has 0 aliphatic carbocycles. The SMILES string of the molecule is CC(=O)OCOC(=O)C1(C=Cc2snnc2C)CS[C@@H]2C(NC(=O)C(=NO)c3csc(N)n3)C(=O)N2C1. The van der Waals surface area contributed by atoms with E-state index in [2.05, 4.69) is 25.0 Å². The summed E-state index contributed by atoms with van der Waals surface area (Å²) in [7, 11) is 0. The van der Waals surface area contributed by atoms with Gasteiger partial charge in [0.25, 0.3) is 5.91 Å². The number of β-lactam (4-membered cyclic amide) rings is 1. The molecule has 4 heterocycles. The second-order valence-corrected chi connectivity index (χ2v) is 10.8. The Hall–Kier alpha value is -3.57. The molecule has 0 radical (unpaired) electrons. The molecule has 2 unspecified atom stereocenters. The molecule has 2 aliphatic heterocycles. The molecule has 0 aromatic carbocycles. The molecule has 0 spiro atoms. The predicted molar refractivity (Wildman–Crippen MR) is 134 cm³/mol. The molecule has 196 valence electrons. The quantitative estimate of drug-likeness (QED) is 0.0981. The van der Waals surface area contributed by atoms with Crippen LogP contribution in [0, 0.1) is 12.3 Å². The summed E-state index contributed by atoms with van der Waals surface area (Å²) in [5.74, 6) is -2.30. The van der Waals surface area contributed by atoms with Crippen molar-refractivity contribution in [1.29, 1.82) is 0 Å². The van der Waals surface area contributed by atoms with E-state index < -0.39 is 47.4 Å². The van der Waals surface area contributed by atoms with Crippen molar-refractivity contribution >= 4 is 75.3 Å². The Labute approximate surface area is 222 Å². The number of nitrogen functional groups attached to an aromatic ring is 1. The highest BCUT2D eigenvalue weighted by molar-refractivity contribution is 8.00. The van der Waals surface area contributed by atoms with Gasteiger partial charge in [-0.15, -0.1) is 28.2 Å². The highest BCUT2D eigenvalue weighted by atomic mass is 32.2. The molecule has 14 nitrogen and oxygen atoms in total. The first-order chi connectivity index (χ1) is 17.6. The lowest BCUT2D eigenvalue weighted by Crippen LogP contribution is -2.74. The Kier molecular flexibility index (Phi) is 7.74. The second kappa shape index (κ2) is 10.8. The molecule has 0 bridgehead atoms. The van der Waals surface area contributed by atoms with E-state index in [0.717, 1.165) is 27.7 Å². The van der Waals surface area contributed by atoms with Crippen LogP contribution in [0.5, 0.6) is 0 Å².